The second-order valence-corrected chi connectivity index (χ2v) is 3.84. The van der Waals surface area contributed by atoms with E-state index in [1.54, 1.807) is 17.5 Å². The Hall–Kier alpha value is -1.29. The fourth-order valence-electron chi connectivity index (χ4n) is 1.22. The molecule has 0 atom stereocenters. The van der Waals surface area contributed by atoms with E-state index in [9.17, 15) is 0 Å². The summed E-state index contributed by atoms with van der Waals surface area (Å²) in [6.45, 7) is 0.909. The normalized spacial score (nSPS) is 10.5. The summed E-state index contributed by atoms with van der Waals surface area (Å²) in [5.41, 5.74) is 5.64. The molecule has 0 saturated carbocycles. The van der Waals surface area contributed by atoms with Crippen LogP contribution in [0.4, 0.5) is 5.95 Å². The van der Waals surface area contributed by atoms with Crippen molar-refractivity contribution in [2.75, 3.05) is 5.73 Å². The Morgan fingerprint density at radius 3 is 3.08 bits per heavy atom. The Morgan fingerprint density at radius 1 is 1.54 bits per heavy atom. The largest absolute Gasteiger partial charge is 0.369 e. The van der Waals surface area contributed by atoms with Crippen LogP contribution in [0.1, 0.15) is 4.88 Å². The summed E-state index contributed by atoms with van der Waals surface area (Å²) in [6, 6.07) is 4.20. The smallest absolute Gasteiger partial charge is 0.200 e. The van der Waals surface area contributed by atoms with Crippen LogP contribution in [0.3, 0.4) is 0 Å². The summed E-state index contributed by atoms with van der Waals surface area (Å²) in [7, 11) is 0. The highest BCUT2D eigenvalue weighted by molar-refractivity contribution is 7.09. The molecule has 3 nitrogen and oxygen atoms in total. The maximum Gasteiger partial charge on any atom is 0.200 e. The molecule has 2 aromatic rings. The molecule has 2 aromatic heterocycles. The molecule has 2 rings (SSSR count). The van der Waals surface area contributed by atoms with Crippen LogP contribution in [0, 0.1) is 0 Å². The fourth-order valence-corrected chi connectivity index (χ4v) is 1.91. The van der Waals surface area contributed by atoms with Gasteiger partial charge in [0.05, 0.1) is 0 Å². The van der Waals surface area contributed by atoms with Gasteiger partial charge in [0, 0.05) is 23.8 Å². The highest BCUT2D eigenvalue weighted by Gasteiger charge is 1.98. The van der Waals surface area contributed by atoms with Crippen molar-refractivity contribution < 1.29 is 0 Å². The quantitative estimate of drug-likeness (QED) is 0.807. The van der Waals surface area contributed by atoms with Crippen LogP contribution in [0.15, 0.2) is 29.9 Å². The molecule has 2 heterocycles. The average molecular weight is 193 g/mol. The Balaban J connectivity index is 1.97. The lowest BCUT2D eigenvalue weighted by atomic mass is 10.3. The third-order valence-corrected chi connectivity index (χ3v) is 2.86. The van der Waals surface area contributed by atoms with E-state index in [-0.39, 0.29) is 0 Å². The lowest BCUT2D eigenvalue weighted by molar-refractivity contribution is 0.712. The van der Waals surface area contributed by atoms with Crippen LogP contribution in [-0.2, 0) is 13.0 Å². The van der Waals surface area contributed by atoms with Gasteiger partial charge >= 0.3 is 0 Å². The topological polar surface area (TPSA) is 43.8 Å². The van der Waals surface area contributed by atoms with Gasteiger partial charge in [-0.05, 0) is 17.9 Å². The van der Waals surface area contributed by atoms with Gasteiger partial charge in [-0.25, -0.2) is 4.98 Å². The number of anilines is 1. The number of nitrogens with zero attached hydrogens (tertiary/aromatic N) is 2. The highest BCUT2D eigenvalue weighted by Crippen LogP contribution is 2.11. The van der Waals surface area contributed by atoms with E-state index in [4.69, 9.17) is 5.73 Å². The molecule has 0 aromatic carbocycles. The van der Waals surface area contributed by atoms with Gasteiger partial charge in [0.15, 0.2) is 5.95 Å². The number of nitrogen functional groups attached to an aromatic ring is 1. The number of nitrogens with two attached hydrogens (primary N) is 1. The summed E-state index contributed by atoms with van der Waals surface area (Å²) in [5.74, 6) is 0.594. The molecule has 0 bridgehead atoms. The minimum absolute atomic E-state index is 0.594. The molecular formula is C9H11N3S. The van der Waals surface area contributed by atoms with Crippen molar-refractivity contribution in [1.82, 2.24) is 9.55 Å². The van der Waals surface area contributed by atoms with E-state index in [2.05, 4.69) is 22.5 Å². The van der Waals surface area contributed by atoms with Gasteiger partial charge in [0.1, 0.15) is 0 Å². The first-order valence-corrected chi connectivity index (χ1v) is 5.03. The zero-order valence-corrected chi connectivity index (χ0v) is 8.00. The average Bonchev–Trinajstić information content (AvgIpc) is 2.72. The Morgan fingerprint density at radius 2 is 2.46 bits per heavy atom. The first-order valence-electron chi connectivity index (χ1n) is 4.15. The number of imidazole rings is 1. The first kappa shape index (κ1) is 8.31. The molecule has 0 radical (unpaired) electrons. The molecule has 0 aliphatic heterocycles. The van der Waals surface area contributed by atoms with Gasteiger partial charge in [0.25, 0.3) is 0 Å². The van der Waals surface area contributed by atoms with E-state index in [1.165, 1.54) is 4.88 Å². The number of aromatic nitrogens is 2. The Bertz CT molecular complexity index is 364. The number of hydrogen-bond acceptors (Lipinski definition) is 3. The monoisotopic (exact) mass is 193 g/mol. The van der Waals surface area contributed by atoms with Crippen molar-refractivity contribution in [2.45, 2.75) is 13.0 Å². The lowest BCUT2D eigenvalue weighted by Gasteiger charge is -2.01. The molecule has 0 unspecified atom stereocenters. The molecule has 0 aliphatic carbocycles. The minimum atomic E-state index is 0.594. The highest BCUT2D eigenvalue weighted by atomic mass is 32.1. The van der Waals surface area contributed by atoms with Crippen molar-refractivity contribution in [3.63, 3.8) is 0 Å². The molecule has 4 heteroatoms. The molecule has 0 saturated heterocycles. The van der Waals surface area contributed by atoms with E-state index >= 15 is 0 Å². The summed E-state index contributed by atoms with van der Waals surface area (Å²) in [5, 5.41) is 2.09. The number of rotatable bonds is 3. The standard InChI is InChI=1S/C9H11N3S/c10-9-11-4-6-12(9)5-3-8-2-1-7-13-8/h1-2,4,6-7H,3,5H2,(H2,10,11). The van der Waals surface area contributed by atoms with E-state index in [1.807, 2.05) is 10.8 Å². The maximum atomic E-state index is 5.64. The van der Waals surface area contributed by atoms with Crippen LogP contribution in [0.2, 0.25) is 0 Å². The summed E-state index contributed by atoms with van der Waals surface area (Å²) in [6.07, 6.45) is 4.66. The van der Waals surface area contributed by atoms with Gasteiger partial charge in [-0.15, -0.1) is 11.3 Å². The van der Waals surface area contributed by atoms with Crippen LogP contribution in [0.5, 0.6) is 0 Å². The number of thiophene rings is 1. The molecule has 13 heavy (non-hydrogen) atoms. The van der Waals surface area contributed by atoms with Crippen molar-refractivity contribution >= 4 is 17.3 Å². The van der Waals surface area contributed by atoms with Gasteiger partial charge in [-0.1, -0.05) is 6.07 Å². The predicted molar refractivity (Wildman–Crippen MR) is 54.7 cm³/mol. The molecule has 2 N–H and O–H groups in total. The van der Waals surface area contributed by atoms with Gasteiger partial charge in [-0.3, -0.25) is 0 Å². The van der Waals surface area contributed by atoms with Crippen LogP contribution in [0.25, 0.3) is 0 Å². The molecule has 68 valence electrons. The second-order valence-electron chi connectivity index (χ2n) is 2.81. The summed E-state index contributed by atoms with van der Waals surface area (Å²) >= 11 is 1.78. The zero-order valence-electron chi connectivity index (χ0n) is 7.18. The fraction of sp³-hybridized carbons (Fsp3) is 0.222. The van der Waals surface area contributed by atoms with Crippen molar-refractivity contribution in [2.24, 2.45) is 0 Å². The third kappa shape index (κ3) is 1.89. The van der Waals surface area contributed by atoms with Crippen molar-refractivity contribution in [3.05, 3.63) is 34.8 Å². The Kier molecular flexibility index (Phi) is 2.31. The van der Waals surface area contributed by atoms with Gasteiger partial charge < -0.3 is 10.3 Å². The Labute approximate surface area is 80.8 Å². The SMILES string of the molecule is Nc1nccn1CCc1cccs1. The predicted octanol–water partition coefficient (Wildman–Crippen LogP) is 1.77. The second kappa shape index (κ2) is 3.62. The van der Waals surface area contributed by atoms with Crippen LogP contribution in [-0.4, -0.2) is 9.55 Å². The van der Waals surface area contributed by atoms with Crippen molar-refractivity contribution in [3.8, 4) is 0 Å². The molecule has 0 amide bonds. The van der Waals surface area contributed by atoms with E-state index < -0.39 is 0 Å². The van der Waals surface area contributed by atoms with Gasteiger partial charge in [0.2, 0.25) is 0 Å². The number of aryl methyl sites for hydroxylation is 2. The third-order valence-electron chi connectivity index (χ3n) is 1.93. The lowest BCUT2D eigenvalue weighted by Crippen LogP contribution is -2.03. The molecule has 0 fully saturated rings. The van der Waals surface area contributed by atoms with Gasteiger partial charge in [-0.2, -0.15) is 0 Å². The zero-order chi connectivity index (χ0) is 9.10. The molecule has 0 spiro atoms. The van der Waals surface area contributed by atoms with Crippen LogP contribution >= 0.6 is 11.3 Å². The summed E-state index contributed by atoms with van der Waals surface area (Å²) < 4.78 is 1.96. The molecule has 0 aliphatic rings. The van der Waals surface area contributed by atoms with Crippen molar-refractivity contribution in [1.29, 1.82) is 0 Å². The number of hydrogen-bond donors (Lipinski definition) is 1. The van der Waals surface area contributed by atoms with E-state index in [0.717, 1.165) is 13.0 Å². The minimum Gasteiger partial charge on any atom is -0.369 e. The first-order chi connectivity index (χ1) is 6.36. The maximum absolute atomic E-state index is 5.64. The molecular weight excluding hydrogens is 182 g/mol. The van der Waals surface area contributed by atoms with E-state index in [0.29, 0.717) is 5.95 Å². The summed E-state index contributed by atoms with van der Waals surface area (Å²) in [4.78, 5) is 5.34. The van der Waals surface area contributed by atoms with Crippen LogP contribution < -0.4 is 5.73 Å².